The van der Waals surface area contributed by atoms with Gasteiger partial charge in [0.05, 0.1) is 6.10 Å². The standard InChI is InChI=1S/C20H29N3O2/c1-5-6-8-23-14(2)10-18(15(23)3)11-19(12-21)20(25)22-9-7-17(13-22)16(4)24/h10-11,16-17,24H,5-9,13H2,1-4H3/b19-11-. The maximum Gasteiger partial charge on any atom is 0.264 e. The molecule has 5 heteroatoms. The van der Waals surface area contributed by atoms with Crippen LogP contribution in [0.1, 0.15) is 50.1 Å². The maximum absolute atomic E-state index is 12.7. The lowest BCUT2D eigenvalue weighted by atomic mass is 10.0. The zero-order chi connectivity index (χ0) is 18.6. The molecule has 5 nitrogen and oxygen atoms in total. The van der Waals surface area contributed by atoms with Crippen molar-refractivity contribution in [1.29, 1.82) is 5.26 Å². The number of nitriles is 1. The Morgan fingerprint density at radius 1 is 1.52 bits per heavy atom. The summed E-state index contributed by atoms with van der Waals surface area (Å²) in [6.07, 6.45) is 4.31. The van der Waals surface area contributed by atoms with Crippen LogP contribution in [-0.2, 0) is 11.3 Å². The van der Waals surface area contributed by atoms with E-state index in [1.54, 1.807) is 17.9 Å². The van der Waals surface area contributed by atoms with E-state index >= 15 is 0 Å². The topological polar surface area (TPSA) is 69.3 Å². The summed E-state index contributed by atoms with van der Waals surface area (Å²) in [6, 6.07) is 4.11. The smallest absolute Gasteiger partial charge is 0.264 e. The number of aryl methyl sites for hydroxylation is 1. The van der Waals surface area contributed by atoms with Crippen molar-refractivity contribution < 1.29 is 9.90 Å². The highest BCUT2D eigenvalue weighted by Crippen LogP contribution is 2.23. The van der Waals surface area contributed by atoms with E-state index in [9.17, 15) is 15.2 Å². The van der Waals surface area contributed by atoms with E-state index in [0.29, 0.717) is 13.1 Å². The molecular weight excluding hydrogens is 314 g/mol. The Morgan fingerprint density at radius 2 is 2.24 bits per heavy atom. The molecule has 136 valence electrons. The average Bonchev–Trinajstić information content (AvgIpc) is 3.17. The van der Waals surface area contributed by atoms with Crippen LogP contribution < -0.4 is 0 Å². The van der Waals surface area contributed by atoms with Gasteiger partial charge < -0.3 is 14.6 Å². The zero-order valence-corrected chi connectivity index (χ0v) is 15.7. The summed E-state index contributed by atoms with van der Waals surface area (Å²) in [5.41, 5.74) is 3.35. The Morgan fingerprint density at radius 3 is 2.80 bits per heavy atom. The Labute approximate surface area is 150 Å². The van der Waals surface area contributed by atoms with Crippen molar-refractivity contribution in [1.82, 2.24) is 9.47 Å². The van der Waals surface area contributed by atoms with Gasteiger partial charge in [0.15, 0.2) is 0 Å². The third-order valence-corrected chi connectivity index (χ3v) is 5.19. The Kier molecular flexibility index (Phi) is 6.44. The van der Waals surface area contributed by atoms with Gasteiger partial charge in [0, 0.05) is 36.9 Å². The highest BCUT2D eigenvalue weighted by atomic mass is 16.3. The van der Waals surface area contributed by atoms with Crippen molar-refractivity contribution in [2.24, 2.45) is 5.92 Å². The van der Waals surface area contributed by atoms with Gasteiger partial charge in [-0.25, -0.2) is 0 Å². The first kappa shape index (κ1) is 19.3. The number of likely N-dealkylation sites (tertiary alicyclic amines) is 1. The highest BCUT2D eigenvalue weighted by molar-refractivity contribution is 6.02. The van der Waals surface area contributed by atoms with Crippen LogP contribution in [0, 0.1) is 31.1 Å². The lowest BCUT2D eigenvalue weighted by Gasteiger charge is -2.17. The Balaban J connectivity index is 2.21. The van der Waals surface area contributed by atoms with Gasteiger partial charge in [-0.05, 0) is 51.3 Å². The largest absolute Gasteiger partial charge is 0.393 e. The van der Waals surface area contributed by atoms with Crippen LogP contribution in [0.4, 0.5) is 0 Å². The van der Waals surface area contributed by atoms with Gasteiger partial charge in [0.2, 0.25) is 0 Å². The number of amides is 1. The number of unbranched alkanes of at least 4 members (excludes halogenated alkanes) is 1. The fourth-order valence-corrected chi connectivity index (χ4v) is 3.47. The monoisotopic (exact) mass is 343 g/mol. The van der Waals surface area contributed by atoms with E-state index in [1.165, 1.54) is 0 Å². The second-order valence-corrected chi connectivity index (χ2v) is 7.04. The number of rotatable bonds is 6. The van der Waals surface area contributed by atoms with Gasteiger partial charge in [-0.15, -0.1) is 0 Å². The van der Waals surface area contributed by atoms with Crippen LogP contribution in [0.3, 0.4) is 0 Å². The number of hydrogen-bond acceptors (Lipinski definition) is 3. The first-order valence-electron chi connectivity index (χ1n) is 9.14. The lowest BCUT2D eigenvalue weighted by molar-refractivity contribution is -0.125. The molecule has 1 aliphatic heterocycles. The summed E-state index contributed by atoms with van der Waals surface area (Å²) in [6.45, 7) is 10.1. The number of hydrogen-bond donors (Lipinski definition) is 1. The first-order valence-corrected chi connectivity index (χ1v) is 9.14. The van der Waals surface area contributed by atoms with Crippen molar-refractivity contribution in [2.45, 2.75) is 59.6 Å². The van der Waals surface area contributed by atoms with E-state index in [-0.39, 0.29) is 17.4 Å². The molecular formula is C20H29N3O2. The Hall–Kier alpha value is -2.06. The minimum absolute atomic E-state index is 0.100. The molecule has 0 saturated carbocycles. The molecule has 2 heterocycles. The van der Waals surface area contributed by atoms with Gasteiger partial charge in [0.1, 0.15) is 11.6 Å². The van der Waals surface area contributed by atoms with Crippen molar-refractivity contribution >= 4 is 12.0 Å². The quantitative estimate of drug-likeness (QED) is 0.637. The normalized spacial score (nSPS) is 19.1. The van der Waals surface area contributed by atoms with Crippen molar-refractivity contribution in [3.05, 3.63) is 28.6 Å². The molecule has 1 aliphatic rings. The highest BCUT2D eigenvalue weighted by Gasteiger charge is 2.30. The number of nitrogens with zero attached hydrogens (tertiary/aromatic N) is 3. The van der Waals surface area contributed by atoms with Gasteiger partial charge in [-0.2, -0.15) is 5.26 Å². The summed E-state index contributed by atoms with van der Waals surface area (Å²) < 4.78 is 2.24. The fraction of sp³-hybridized carbons (Fsp3) is 0.600. The SMILES string of the molecule is CCCCn1c(C)cc(/C=C(/C#N)C(=O)N2CCC(C(C)O)C2)c1C. The number of aromatic nitrogens is 1. The van der Waals surface area contributed by atoms with Crippen LogP contribution in [0.2, 0.25) is 0 Å². The van der Waals surface area contributed by atoms with E-state index in [1.807, 2.05) is 13.0 Å². The zero-order valence-electron chi connectivity index (χ0n) is 15.7. The Bertz CT molecular complexity index is 695. The molecule has 2 unspecified atom stereocenters. The third-order valence-electron chi connectivity index (χ3n) is 5.19. The summed E-state index contributed by atoms with van der Waals surface area (Å²) >= 11 is 0. The molecule has 1 amide bonds. The number of aliphatic hydroxyl groups excluding tert-OH is 1. The molecule has 1 fully saturated rings. The average molecular weight is 343 g/mol. The molecule has 25 heavy (non-hydrogen) atoms. The van der Waals surface area contributed by atoms with Gasteiger partial charge in [-0.3, -0.25) is 4.79 Å². The molecule has 0 spiro atoms. The van der Waals surface area contributed by atoms with Crippen LogP contribution >= 0.6 is 0 Å². The predicted octanol–water partition coefficient (Wildman–Crippen LogP) is 3.04. The molecule has 2 rings (SSSR count). The second kappa shape index (κ2) is 8.35. The van der Waals surface area contributed by atoms with E-state index in [0.717, 1.165) is 42.8 Å². The van der Waals surface area contributed by atoms with Gasteiger partial charge in [0.25, 0.3) is 5.91 Å². The van der Waals surface area contributed by atoms with Crippen LogP contribution in [0.5, 0.6) is 0 Å². The summed E-state index contributed by atoms with van der Waals surface area (Å²) in [5.74, 6) is -0.132. The number of aliphatic hydroxyl groups is 1. The third kappa shape index (κ3) is 4.32. The first-order chi connectivity index (χ1) is 11.9. The summed E-state index contributed by atoms with van der Waals surface area (Å²) in [7, 11) is 0. The summed E-state index contributed by atoms with van der Waals surface area (Å²) in [4.78, 5) is 14.4. The fourth-order valence-electron chi connectivity index (χ4n) is 3.47. The minimum atomic E-state index is -0.426. The molecule has 2 atom stereocenters. The molecule has 0 bridgehead atoms. The van der Waals surface area contributed by atoms with E-state index in [4.69, 9.17) is 0 Å². The van der Waals surface area contributed by atoms with Gasteiger partial charge >= 0.3 is 0 Å². The molecule has 0 aliphatic carbocycles. The molecule has 1 N–H and O–H groups in total. The van der Waals surface area contributed by atoms with E-state index in [2.05, 4.69) is 24.5 Å². The van der Waals surface area contributed by atoms with Crippen LogP contribution in [-0.4, -0.2) is 39.7 Å². The van der Waals surface area contributed by atoms with Crippen molar-refractivity contribution in [3.63, 3.8) is 0 Å². The van der Waals surface area contributed by atoms with Crippen LogP contribution in [0.15, 0.2) is 11.6 Å². The number of carbonyl (C=O) groups excluding carboxylic acids is 1. The summed E-state index contributed by atoms with van der Waals surface area (Å²) in [5, 5.41) is 19.2. The molecule has 0 aromatic carbocycles. The molecule has 1 aromatic rings. The molecule has 0 radical (unpaired) electrons. The predicted molar refractivity (Wildman–Crippen MR) is 98.8 cm³/mol. The van der Waals surface area contributed by atoms with Crippen LogP contribution in [0.25, 0.3) is 6.08 Å². The van der Waals surface area contributed by atoms with E-state index < -0.39 is 6.10 Å². The van der Waals surface area contributed by atoms with Crippen molar-refractivity contribution in [3.8, 4) is 6.07 Å². The molecule has 1 saturated heterocycles. The lowest BCUT2D eigenvalue weighted by Crippen LogP contribution is -2.31. The van der Waals surface area contributed by atoms with Gasteiger partial charge in [-0.1, -0.05) is 13.3 Å². The molecule has 1 aromatic heterocycles. The van der Waals surface area contributed by atoms with Crippen molar-refractivity contribution in [2.75, 3.05) is 13.1 Å². The second-order valence-electron chi connectivity index (χ2n) is 7.04. The maximum atomic E-state index is 12.7. The minimum Gasteiger partial charge on any atom is -0.393 e. The number of carbonyl (C=O) groups is 1.